The fourth-order valence-corrected chi connectivity index (χ4v) is 1.06. The van der Waals surface area contributed by atoms with Gasteiger partial charge in [-0.2, -0.15) is 0 Å². The molecule has 5 nitrogen and oxygen atoms in total. The fourth-order valence-electron chi connectivity index (χ4n) is 1.06. The SMILES string of the molecule is Cc1ccc(CCONC(=O)NO)cc1. The average molecular weight is 210 g/mol. The molecule has 0 aliphatic heterocycles. The Bertz CT molecular complexity index is 311. The Labute approximate surface area is 88.0 Å². The molecule has 15 heavy (non-hydrogen) atoms. The fraction of sp³-hybridized carbons (Fsp3) is 0.300. The molecule has 1 aromatic rings. The van der Waals surface area contributed by atoms with Gasteiger partial charge in [-0.1, -0.05) is 29.8 Å². The van der Waals surface area contributed by atoms with Crippen molar-refractivity contribution in [2.24, 2.45) is 0 Å². The highest BCUT2D eigenvalue weighted by Gasteiger charge is 1.96. The molecule has 1 rings (SSSR count). The second-order valence-electron chi connectivity index (χ2n) is 3.13. The van der Waals surface area contributed by atoms with Crippen LogP contribution in [0, 0.1) is 6.92 Å². The van der Waals surface area contributed by atoms with E-state index in [9.17, 15) is 4.79 Å². The molecule has 0 heterocycles. The van der Waals surface area contributed by atoms with Gasteiger partial charge in [0.05, 0.1) is 6.61 Å². The summed E-state index contributed by atoms with van der Waals surface area (Å²) in [6.07, 6.45) is 0.700. The molecule has 0 fully saturated rings. The maximum atomic E-state index is 10.5. The number of urea groups is 1. The Hall–Kier alpha value is -1.59. The van der Waals surface area contributed by atoms with Gasteiger partial charge >= 0.3 is 6.03 Å². The van der Waals surface area contributed by atoms with Crippen molar-refractivity contribution in [3.63, 3.8) is 0 Å². The van der Waals surface area contributed by atoms with Crippen molar-refractivity contribution in [3.05, 3.63) is 35.4 Å². The van der Waals surface area contributed by atoms with Gasteiger partial charge in [-0.05, 0) is 18.9 Å². The van der Waals surface area contributed by atoms with E-state index in [4.69, 9.17) is 10.0 Å². The van der Waals surface area contributed by atoms with Crippen LogP contribution in [0.2, 0.25) is 0 Å². The maximum absolute atomic E-state index is 10.5. The summed E-state index contributed by atoms with van der Waals surface area (Å²) in [5.74, 6) is 0. The molecule has 1 aromatic carbocycles. The summed E-state index contributed by atoms with van der Waals surface area (Å²) in [5.41, 5.74) is 5.75. The minimum Gasteiger partial charge on any atom is -0.287 e. The zero-order valence-electron chi connectivity index (χ0n) is 8.49. The van der Waals surface area contributed by atoms with Gasteiger partial charge in [0.15, 0.2) is 0 Å². The lowest BCUT2D eigenvalue weighted by molar-refractivity contribution is 0.0471. The van der Waals surface area contributed by atoms with Gasteiger partial charge < -0.3 is 0 Å². The van der Waals surface area contributed by atoms with Crippen LogP contribution >= 0.6 is 0 Å². The number of aryl methyl sites for hydroxylation is 1. The normalized spacial score (nSPS) is 9.73. The van der Waals surface area contributed by atoms with Crippen LogP contribution in [0.1, 0.15) is 11.1 Å². The van der Waals surface area contributed by atoms with Crippen molar-refractivity contribution < 1.29 is 14.8 Å². The Balaban J connectivity index is 2.20. The summed E-state index contributed by atoms with van der Waals surface area (Å²) < 4.78 is 0. The number of nitrogens with one attached hydrogen (secondary N) is 2. The summed E-state index contributed by atoms with van der Waals surface area (Å²) in [6, 6.07) is 7.26. The first kappa shape index (κ1) is 11.5. The molecule has 0 aliphatic carbocycles. The van der Waals surface area contributed by atoms with Gasteiger partial charge in [0.2, 0.25) is 0 Å². The third-order valence-electron chi connectivity index (χ3n) is 1.88. The number of carbonyl (C=O) groups excluding carboxylic acids is 1. The summed E-state index contributed by atoms with van der Waals surface area (Å²) >= 11 is 0. The lowest BCUT2D eigenvalue weighted by Gasteiger charge is -2.04. The zero-order chi connectivity index (χ0) is 11.1. The third-order valence-corrected chi connectivity index (χ3v) is 1.88. The number of hydroxylamine groups is 2. The summed E-state index contributed by atoms with van der Waals surface area (Å²) in [5, 5.41) is 8.14. The van der Waals surface area contributed by atoms with Crippen LogP contribution in [0.25, 0.3) is 0 Å². The standard InChI is InChI=1S/C10H14N2O3/c1-8-2-4-9(5-3-8)6-7-15-12-10(13)11-14/h2-5,14H,6-7H2,1H3,(H2,11,12,13). The quantitative estimate of drug-likeness (QED) is 0.396. The van der Waals surface area contributed by atoms with E-state index in [0.717, 1.165) is 5.56 Å². The molecular weight excluding hydrogens is 196 g/mol. The van der Waals surface area contributed by atoms with E-state index < -0.39 is 6.03 Å². The lowest BCUT2D eigenvalue weighted by Crippen LogP contribution is -2.33. The van der Waals surface area contributed by atoms with Crippen molar-refractivity contribution >= 4 is 6.03 Å². The topological polar surface area (TPSA) is 70.6 Å². The zero-order valence-corrected chi connectivity index (χ0v) is 8.49. The highest BCUT2D eigenvalue weighted by molar-refractivity contribution is 5.71. The molecular formula is C10H14N2O3. The molecule has 0 spiro atoms. The first-order valence-electron chi connectivity index (χ1n) is 4.60. The Morgan fingerprint density at radius 1 is 1.40 bits per heavy atom. The van der Waals surface area contributed by atoms with E-state index in [1.54, 1.807) is 0 Å². The predicted molar refractivity (Wildman–Crippen MR) is 54.3 cm³/mol. The smallest absolute Gasteiger partial charge is 0.287 e. The molecule has 0 aliphatic rings. The molecule has 0 saturated carbocycles. The minimum atomic E-state index is -0.779. The first-order chi connectivity index (χ1) is 7.22. The van der Waals surface area contributed by atoms with Crippen LogP contribution in [0.4, 0.5) is 4.79 Å². The average Bonchev–Trinajstić information content (AvgIpc) is 2.26. The van der Waals surface area contributed by atoms with Crippen molar-refractivity contribution in [2.45, 2.75) is 13.3 Å². The predicted octanol–water partition coefficient (Wildman–Crippen LogP) is 1.16. The highest BCUT2D eigenvalue weighted by atomic mass is 16.7. The number of amides is 2. The molecule has 0 radical (unpaired) electrons. The van der Waals surface area contributed by atoms with Crippen LogP contribution in [0.3, 0.4) is 0 Å². The molecule has 0 atom stereocenters. The lowest BCUT2D eigenvalue weighted by atomic mass is 10.1. The summed E-state index contributed by atoms with van der Waals surface area (Å²) in [7, 11) is 0. The number of rotatable bonds is 4. The summed E-state index contributed by atoms with van der Waals surface area (Å²) in [4.78, 5) is 15.3. The van der Waals surface area contributed by atoms with E-state index >= 15 is 0 Å². The molecule has 0 unspecified atom stereocenters. The van der Waals surface area contributed by atoms with Crippen LogP contribution in [-0.4, -0.2) is 17.8 Å². The Morgan fingerprint density at radius 2 is 2.07 bits per heavy atom. The molecule has 0 bridgehead atoms. The second-order valence-corrected chi connectivity index (χ2v) is 3.13. The van der Waals surface area contributed by atoms with Gasteiger partial charge in [0.1, 0.15) is 0 Å². The van der Waals surface area contributed by atoms with Gasteiger partial charge in [-0.3, -0.25) is 10.0 Å². The van der Waals surface area contributed by atoms with E-state index in [1.807, 2.05) is 36.7 Å². The summed E-state index contributed by atoms with van der Waals surface area (Å²) in [6.45, 7) is 2.38. The number of hydrogen-bond donors (Lipinski definition) is 3. The largest absolute Gasteiger partial charge is 0.362 e. The van der Waals surface area contributed by atoms with Crippen LogP contribution in [0.5, 0.6) is 0 Å². The van der Waals surface area contributed by atoms with Crippen molar-refractivity contribution in [3.8, 4) is 0 Å². The van der Waals surface area contributed by atoms with E-state index in [-0.39, 0.29) is 0 Å². The van der Waals surface area contributed by atoms with Gasteiger partial charge in [0.25, 0.3) is 0 Å². The third kappa shape index (κ3) is 4.44. The minimum absolute atomic E-state index is 0.358. The van der Waals surface area contributed by atoms with Crippen molar-refractivity contribution in [2.75, 3.05) is 6.61 Å². The van der Waals surface area contributed by atoms with Gasteiger partial charge in [-0.25, -0.2) is 15.8 Å². The number of carbonyl (C=O) groups is 1. The van der Waals surface area contributed by atoms with Crippen LogP contribution in [0.15, 0.2) is 24.3 Å². The van der Waals surface area contributed by atoms with Crippen LogP contribution in [-0.2, 0) is 11.3 Å². The maximum Gasteiger partial charge on any atom is 0.362 e. The molecule has 3 N–H and O–H groups in total. The van der Waals surface area contributed by atoms with Gasteiger partial charge in [0, 0.05) is 0 Å². The molecule has 2 amide bonds. The second kappa shape index (κ2) is 6.00. The van der Waals surface area contributed by atoms with Crippen molar-refractivity contribution in [1.82, 2.24) is 11.0 Å². The highest BCUT2D eigenvalue weighted by Crippen LogP contribution is 2.03. The molecule has 0 saturated heterocycles. The Kier molecular flexibility index (Phi) is 4.59. The number of benzene rings is 1. The van der Waals surface area contributed by atoms with Crippen LogP contribution < -0.4 is 11.0 Å². The van der Waals surface area contributed by atoms with E-state index in [0.29, 0.717) is 13.0 Å². The van der Waals surface area contributed by atoms with Crippen molar-refractivity contribution in [1.29, 1.82) is 0 Å². The monoisotopic (exact) mass is 210 g/mol. The van der Waals surface area contributed by atoms with E-state index in [2.05, 4.69) is 0 Å². The molecule has 5 heteroatoms. The van der Waals surface area contributed by atoms with E-state index in [1.165, 1.54) is 11.0 Å². The molecule has 82 valence electrons. The van der Waals surface area contributed by atoms with Gasteiger partial charge in [-0.15, -0.1) is 0 Å². The molecule has 0 aromatic heterocycles. The Morgan fingerprint density at radius 3 is 2.67 bits per heavy atom. The first-order valence-corrected chi connectivity index (χ1v) is 4.60. The number of hydrogen-bond acceptors (Lipinski definition) is 3.